The topological polar surface area (TPSA) is 329 Å². The minimum absolute atomic E-state index is 0. The van der Waals surface area contributed by atoms with Crippen molar-refractivity contribution in [2.75, 3.05) is 16.1 Å². The van der Waals surface area contributed by atoms with Gasteiger partial charge in [-0.05, 0) is 84.3 Å². The van der Waals surface area contributed by atoms with E-state index in [2.05, 4.69) is 41.1 Å². The molecule has 0 fully saturated rings. The Kier molecular flexibility index (Phi) is 18.9. The van der Waals surface area contributed by atoms with Gasteiger partial charge in [-0.2, -0.15) is 20.1 Å². The van der Waals surface area contributed by atoms with E-state index in [0.717, 1.165) is 23.5 Å². The number of aromatic nitrogens is 4. The van der Waals surface area contributed by atoms with Gasteiger partial charge in [0.2, 0.25) is 23.0 Å². The summed E-state index contributed by atoms with van der Waals surface area (Å²) in [6.07, 6.45) is 0.612. The largest absolute Gasteiger partial charge is 1.00 e. The van der Waals surface area contributed by atoms with Gasteiger partial charge in [0.1, 0.15) is 41.1 Å². The van der Waals surface area contributed by atoms with Gasteiger partial charge in [0, 0.05) is 16.8 Å². The number of nitrogens with zero attached hydrogens (tertiary/aromatic N) is 5. The first-order valence-electron chi connectivity index (χ1n) is 16.1. The quantitative estimate of drug-likeness (QED) is 0.0617. The van der Waals surface area contributed by atoms with Gasteiger partial charge in [0.15, 0.2) is 0 Å². The van der Waals surface area contributed by atoms with Gasteiger partial charge in [-0.1, -0.05) is 24.3 Å². The molecule has 1 aliphatic carbocycles. The molecule has 0 bridgehead atoms. The Morgan fingerprint density at radius 1 is 0.762 bits per heavy atom. The molecule has 29 heteroatoms. The molecule has 2 heterocycles. The number of aryl methyl sites for hydroxylation is 1. The van der Waals surface area contributed by atoms with E-state index < -0.39 is 91.2 Å². The second kappa shape index (κ2) is 21.6. The number of carboxylic acids is 1. The molecule has 0 atom stereocenters. The number of anilines is 5. The zero-order valence-corrected chi connectivity index (χ0v) is 45.2. The Balaban J connectivity index is 0.00000264. The molecule has 3 N–H and O–H groups in total. The fraction of sp³-hybridized carbons (Fsp3) is 0.0294. The van der Waals surface area contributed by atoms with Gasteiger partial charge in [-0.15, -0.1) is 11.3 Å². The van der Waals surface area contributed by atoms with Gasteiger partial charge < -0.3 is 34.2 Å². The molecule has 0 aliphatic heterocycles. The Labute approximate surface area is 455 Å². The minimum Gasteiger partial charge on any atom is -0.744 e. The number of thiazole rings is 1. The first-order valence-corrected chi connectivity index (χ1v) is 21.5. The van der Waals surface area contributed by atoms with Crippen LogP contribution < -0.4 is 139 Å². The van der Waals surface area contributed by atoms with Crippen molar-refractivity contribution in [2.24, 2.45) is 5.10 Å². The van der Waals surface area contributed by atoms with Gasteiger partial charge in [-0.3, -0.25) is 10.2 Å². The zero-order chi connectivity index (χ0) is 42.6. The number of allylic oxidation sites excluding steroid dienone is 1. The summed E-state index contributed by atoms with van der Waals surface area (Å²) in [5, 5.41) is 20.7. The Morgan fingerprint density at radius 2 is 1.40 bits per heavy atom. The SMILES string of the molecule is Cc1ccc2nc(-c3ccc(Nc4nc(Cl)nc(Nc5cc(S(=O)(=O)[O-])cc6c5C(=O)/C(=N/Nc5ccccc5C(=O)[O-])C(S(=O)(=O)[O-])=C6)n4)cc3)sc2c1S(=O)(=O)[O-].[Na+].[Na+].[Na+].[Na+]. The van der Waals surface area contributed by atoms with Crippen molar-refractivity contribution < 1.29 is 172 Å². The Bertz CT molecular complexity index is 3210. The molecular formula is C34H19ClN8Na4O12S4. The predicted molar refractivity (Wildman–Crippen MR) is 207 cm³/mol. The molecule has 4 aromatic carbocycles. The average molecular weight is 987 g/mol. The summed E-state index contributed by atoms with van der Waals surface area (Å²) in [6, 6.07) is 16.0. The number of hydrogen-bond acceptors (Lipinski definition) is 21. The van der Waals surface area contributed by atoms with Crippen LogP contribution in [-0.4, -0.2) is 76.3 Å². The van der Waals surface area contributed by atoms with Crippen LogP contribution in [0, 0.1) is 6.92 Å². The van der Waals surface area contributed by atoms with E-state index in [0.29, 0.717) is 33.9 Å². The number of Topliss-reactive ketones (excluding diaryl/α,β-unsaturated/α-hetero) is 1. The summed E-state index contributed by atoms with van der Waals surface area (Å²) in [6.45, 7) is 1.51. The molecular weight excluding hydrogens is 968 g/mol. The van der Waals surface area contributed by atoms with Crippen LogP contribution in [0.25, 0.3) is 26.9 Å². The number of carboxylic acid groups (broad SMARTS) is 1. The van der Waals surface area contributed by atoms with Crippen molar-refractivity contribution >= 4 is 116 Å². The fourth-order valence-electron chi connectivity index (χ4n) is 5.77. The van der Waals surface area contributed by atoms with Crippen molar-refractivity contribution in [1.82, 2.24) is 19.9 Å². The Morgan fingerprint density at radius 3 is 2.00 bits per heavy atom. The first kappa shape index (κ1) is 55.1. The van der Waals surface area contributed by atoms with Crippen LogP contribution in [0.4, 0.5) is 29.0 Å². The average Bonchev–Trinajstić information content (AvgIpc) is 3.57. The molecule has 6 aromatic rings. The molecule has 0 saturated carbocycles. The van der Waals surface area contributed by atoms with Gasteiger partial charge in [-0.25, -0.2) is 30.2 Å². The number of fused-ring (bicyclic) bond motifs is 2. The number of halogens is 1. The molecule has 302 valence electrons. The molecule has 0 radical (unpaired) electrons. The van der Waals surface area contributed by atoms with Crippen LogP contribution in [-0.2, 0) is 30.4 Å². The summed E-state index contributed by atoms with van der Waals surface area (Å²) >= 11 is 7.19. The molecule has 0 saturated heterocycles. The third-order valence-corrected chi connectivity index (χ3v) is 12.4. The third kappa shape index (κ3) is 12.4. The van der Waals surface area contributed by atoms with E-state index in [1.54, 1.807) is 30.3 Å². The monoisotopic (exact) mass is 986 g/mol. The number of aromatic carboxylic acids is 1. The van der Waals surface area contributed by atoms with Crippen molar-refractivity contribution in [3.05, 3.63) is 105 Å². The second-order valence-electron chi connectivity index (χ2n) is 12.2. The predicted octanol–water partition coefficient (Wildman–Crippen LogP) is -8.66. The van der Waals surface area contributed by atoms with Gasteiger partial charge in [0.25, 0.3) is 0 Å². The molecule has 2 aromatic heterocycles. The maximum absolute atomic E-state index is 14.0. The smallest absolute Gasteiger partial charge is 0.744 e. The van der Waals surface area contributed by atoms with Crippen LogP contribution >= 0.6 is 22.9 Å². The molecule has 0 spiro atoms. The zero-order valence-electron chi connectivity index (χ0n) is 33.2. The molecule has 63 heavy (non-hydrogen) atoms. The van der Waals surface area contributed by atoms with Crippen molar-refractivity contribution in [3.8, 4) is 10.6 Å². The summed E-state index contributed by atoms with van der Waals surface area (Å²) in [5.74, 6) is -3.58. The first-order chi connectivity index (χ1) is 27.7. The summed E-state index contributed by atoms with van der Waals surface area (Å²) in [4.78, 5) is 39.6. The van der Waals surface area contributed by atoms with E-state index in [-0.39, 0.29) is 145 Å². The fourth-order valence-corrected chi connectivity index (χ4v) is 9.39. The van der Waals surface area contributed by atoms with Crippen LogP contribution in [0.15, 0.2) is 92.6 Å². The van der Waals surface area contributed by atoms with Crippen LogP contribution in [0.1, 0.15) is 31.8 Å². The summed E-state index contributed by atoms with van der Waals surface area (Å²) in [7, 11) is -15.6. The number of ketones is 1. The number of hydrogen-bond donors (Lipinski definition) is 3. The van der Waals surface area contributed by atoms with Crippen molar-refractivity contribution in [2.45, 2.75) is 16.7 Å². The van der Waals surface area contributed by atoms with Gasteiger partial charge >= 0.3 is 118 Å². The maximum Gasteiger partial charge on any atom is 1.00 e. The number of carbonyl (C=O) groups is 2. The van der Waals surface area contributed by atoms with E-state index in [1.165, 1.54) is 31.2 Å². The maximum atomic E-state index is 14.0. The molecule has 0 amide bonds. The molecule has 0 unspecified atom stereocenters. The van der Waals surface area contributed by atoms with E-state index >= 15 is 0 Å². The number of nitrogens with one attached hydrogen (secondary N) is 3. The number of para-hydroxylation sites is 1. The summed E-state index contributed by atoms with van der Waals surface area (Å²) < 4.78 is 110. The second-order valence-corrected chi connectivity index (χ2v) is 17.6. The van der Waals surface area contributed by atoms with Gasteiger partial charge in [0.05, 0.1) is 47.8 Å². The van der Waals surface area contributed by atoms with Crippen LogP contribution in [0.3, 0.4) is 0 Å². The van der Waals surface area contributed by atoms with Crippen molar-refractivity contribution in [3.63, 3.8) is 0 Å². The van der Waals surface area contributed by atoms with Crippen LogP contribution in [0.2, 0.25) is 5.28 Å². The molecule has 20 nitrogen and oxygen atoms in total. The normalized spacial score (nSPS) is 13.0. The Hall–Kier alpha value is -2.25. The van der Waals surface area contributed by atoms with E-state index in [4.69, 9.17) is 11.6 Å². The number of carbonyl (C=O) groups excluding carboxylic acids is 2. The third-order valence-electron chi connectivity index (χ3n) is 8.30. The molecule has 1 aliphatic rings. The molecule has 7 rings (SSSR count). The van der Waals surface area contributed by atoms with Crippen LogP contribution in [0.5, 0.6) is 0 Å². The minimum atomic E-state index is -5.53. The number of rotatable bonds is 11. The van der Waals surface area contributed by atoms with E-state index in [9.17, 15) is 53.6 Å². The number of benzene rings is 4. The van der Waals surface area contributed by atoms with E-state index in [1.807, 2.05) is 0 Å². The van der Waals surface area contributed by atoms with Crippen molar-refractivity contribution in [1.29, 1.82) is 0 Å². The standard InChI is InChI=1S/C34H23ClN8O12S4.4Na/c1-15-6-11-22-28(29(15)59(53,54)55)56-30(37-22)16-7-9-18(10-8-16)36-33-39-32(35)40-34(41-33)38-23-14-19(57(47,48)49)12-17-13-24(58(50,51)52)26(27(44)25(17)23)43-42-21-5-3-2-4-20(21)31(45)46;;;;/h2-14,42H,1H3,(H,45,46)(H,47,48,49)(H,50,51,52)(H,53,54,55)(H2,36,38,39,40,41);;;;/q;4*+1/p-4/b43-26+;;;;. The summed E-state index contributed by atoms with van der Waals surface area (Å²) in [5.41, 5.74) is 0.559. The number of hydrazone groups is 1.